The van der Waals surface area contributed by atoms with Crippen molar-refractivity contribution in [1.82, 2.24) is 0 Å². The highest BCUT2D eigenvalue weighted by molar-refractivity contribution is 7.93. The predicted octanol–water partition coefficient (Wildman–Crippen LogP) is 5.17. The van der Waals surface area contributed by atoms with Crippen LogP contribution in [-0.2, 0) is 21.0 Å². The van der Waals surface area contributed by atoms with Gasteiger partial charge < -0.3 is 5.32 Å². The lowest BCUT2D eigenvalue weighted by atomic mass is 10.0. The number of amides is 1. The largest absolute Gasteiger partial charge is 0.417 e. The van der Waals surface area contributed by atoms with Crippen molar-refractivity contribution in [2.24, 2.45) is 0 Å². The van der Waals surface area contributed by atoms with Crippen molar-refractivity contribution in [3.63, 3.8) is 0 Å². The van der Waals surface area contributed by atoms with Crippen molar-refractivity contribution < 1.29 is 26.4 Å². The molecule has 31 heavy (non-hydrogen) atoms. The zero-order chi connectivity index (χ0) is 22.4. The molecule has 0 spiro atoms. The number of rotatable bonds is 3. The summed E-state index contributed by atoms with van der Waals surface area (Å²) < 4.78 is 66.5. The molecule has 0 bridgehead atoms. The summed E-state index contributed by atoms with van der Waals surface area (Å²) in [6.07, 6.45) is -4.70. The maximum Gasteiger partial charge on any atom is 0.417 e. The zero-order valence-electron chi connectivity index (χ0n) is 15.7. The van der Waals surface area contributed by atoms with E-state index in [0.717, 1.165) is 10.4 Å². The summed E-state index contributed by atoms with van der Waals surface area (Å²) in [5.41, 5.74) is 0.207. The predicted molar refractivity (Wildman–Crippen MR) is 111 cm³/mol. The van der Waals surface area contributed by atoms with Crippen molar-refractivity contribution in [2.75, 3.05) is 16.2 Å². The second-order valence-electron chi connectivity index (χ2n) is 6.77. The van der Waals surface area contributed by atoms with Crippen molar-refractivity contribution in [3.8, 4) is 11.1 Å². The fourth-order valence-corrected chi connectivity index (χ4v) is 5.28. The number of fused-ring (bicyclic) bond motifs is 3. The van der Waals surface area contributed by atoms with Crippen LogP contribution in [0.2, 0.25) is 5.02 Å². The molecule has 1 amide bonds. The van der Waals surface area contributed by atoms with Gasteiger partial charge in [0.2, 0.25) is 5.91 Å². The molecule has 0 aromatic heterocycles. The standard InChI is InChI=1S/C21H14ClF3N2O3S/c22-17-10-9-13(11-16(17)21(23,24)25)26-20(28)12-27-18-7-3-1-5-14(18)15-6-2-4-8-19(15)31(27,29)30/h1-11H,12H2,(H,26,28). The number of hydrogen-bond donors (Lipinski definition) is 1. The number of hydrogen-bond acceptors (Lipinski definition) is 3. The van der Waals surface area contributed by atoms with Crippen LogP contribution < -0.4 is 9.62 Å². The fourth-order valence-electron chi connectivity index (χ4n) is 3.40. The Kier molecular flexibility index (Phi) is 5.18. The highest BCUT2D eigenvalue weighted by Crippen LogP contribution is 2.42. The Labute approximate surface area is 181 Å². The van der Waals surface area contributed by atoms with E-state index >= 15 is 0 Å². The van der Waals surface area contributed by atoms with Crippen LogP contribution in [-0.4, -0.2) is 20.9 Å². The van der Waals surface area contributed by atoms with E-state index in [9.17, 15) is 26.4 Å². The third kappa shape index (κ3) is 3.86. The third-order valence-corrected chi connectivity index (χ3v) is 6.91. The summed E-state index contributed by atoms with van der Waals surface area (Å²) in [7, 11) is -4.05. The average molecular weight is 467 g/mol. The van der Waals surface area contributed by atoms with E-state index in [1.54, 1.807) is 42.5 Å². The number of anilines is 2. The molecule has 0 radical (unpaired) electrons. The van der Waals surface area contributed by atoms with Crippen LogP contribution in [0.5, 0.6) is 0 Å². The average Bonchev–Trinajstić information content (AvgIpc) is 2.72. The van der Waals surface area contributed by atoms with Gasteiger partial charge in [-0.15, -0.1) is 0 Å². The number of benzene rings is 3. The SMILES string of the molecule is O=C(CN1c2ccccc2-c2ccccc2S1(=O)=O)Nc1ccc(Cl)c(C(F)(F)F)c1. The van der Waals surface area contributed by atoms with Crippen molar-refractivity contribution in [2.45, 2.75) is 11.1 Å². The number of nitrogens with zero attached hydrogens (tertiary/aromatic N) is 1. The molecular weight excluding hydrogens is 453 g/mol. The van der Waals surface area contributed by atoms with E-state index in [2.05, 4.69) is 5.32 Å². The lowest BCUT2D eigenvalue weighted by Gasteiger charge is -2.31. The molecule has 1 heterocycles. The van der Waals surface area contributed by atoms with Crippen molar-refractivity contribution in [3.05, 3.63) is 77.3 Å². The van der Waals surface area contributed by atoms with E-state index < -0.39 is 39.2 Å². The first kappa shape index (κ1) is 21.2. The molecule has 0 aliphatic carbocycles. The molecule has 160 valence electrons. The third-order valence-electron chi connectivity index (χ3n) is 4.76. The first-order chi connectivity index (χ1) is 14.6. The molecule has 5 nitrogen and oxygen atoms in total. The molecule has 0 fully saturated rings. The molecule has 4 rings (SSSR count). The van der Waals surface area contributed by atoms with Crippen LogP contribution in [0, 0.1) is 0 Å². The lowest BCUT2D eigenvalue weighted by Crippen LogP contribution is -2.40. The van der Waals surface area contributed by atoms with Crippen LogP contribution in [0.3, 0.4) is 0 Å². The molecule has 3 aromatic rings. The molecule has 3 aromatic carbocycles. The Balaban J connectivity index is 1.66. The zero-order valence-corrected chi connectivity index (χ0v) is 17.2. The van der Waals surface area contributed by atoms with Gasteiger partial charge in [-0.3, -0.25) is 9.10 Å². The number of alkyl halides is 3. The smallest absolute Gasteiger partial charge is 0.324 e. The molecule has 1 aliphatic heterocycles. The van der Waals surface area contributed by atoms with Crippen LogP contribution >= 0.6 is 11.6 Å². The fraction of sp³-hybridized carbons (Fsp3) is 0.0952. The number of halogens is 4. The van der Waals surface area contributed by atoms with E-state index in [0.29, 0.717) is 22.9 Å². The quantitative estimate of drug-likeness (QED) is 0.579. The molecule has 0 unspecified atom stereocenters. The maximum absolute atomic E-state index is 13.2. The number of carbonyl (C=O) groups excluding carboxylic acids is 1. The van der Waals surface area contributed by atoms with Crippen molar-refractivity contribution >= 4 is 38.9 Å². The Morgan fingerprint density at radius 3 is 2.32 bits per heavy atom. The molecule has 1 N–H and O–H groups in total. The van der Waals surface area contributed by atoms with Gasteiger partial charge >= 0.3 is 6.18 Å². The maximum atomic E-state index is 13.2. The number of nitrogens with one attached hydrogen (secondary N) is 1. The van der Waals surface area contributed by atoms with Gasteiger partial charge in [0.15, 0.2) is 0 Å². The molecule has 0 atom stereocenters. The second kappa shape index (κ2) is 7.58. The summed E-state index contributed by atoms with van der Waals surface area (Å²) in [5.74, 6) is -0.798. The summed E-state index contributed by atoms with van der Waals surface area (Å²) in [6, 6.07) is 16.0. The normalized spacial score (nSPS) is 14.5. The van der Waals surface area contributed by atoms with Gasteiger partial charge in [0.25, 0.3) is 10.0 Å². The van der Waals surface area contributed by atoms with Crippen LogP contribution in [0.25, 0.3) is 11.1 Å². The van der Waals surface area contributed by atoms with Crippen molar-refractivity contribution in [1.29, 1.82) is 0 Å². The van der Waals surface area contributed by atoms with Gasteiger partial charge in [-0.25, -0.2) is 8.42 Å². The minimum absolute atomic E-state index is 0.0485. The molecule has 0 saturated carbocycles. The van der Waals surface area contributed by atoms with Crippen LogP contribution in [0.15, 0.2) is 71.6 Å². The molecule has 1 aliphatic rings. The lowest BCUT2D eigenvalue weighted by molar-refractivity contribution is -0.137. The Bertz CT molecular complexity index is 1290. The van der Waals surface area contributed by atoms with Crippen LogP contribution in [0.1, 0.15) is 5.56 Å². The van der Waals surface area contributed by atoms with Gasteiger partial charge in [-0.1, -0.05) is 48.0 Å². The van der Waals surface area contributed by atoms with E-state index in [1.807, 2.05) is 0 Å². The second-order valence-corrected chi connectivity index (χ2v) is 9.00. The first-order valence-electron chi connectivity index (χ1n) is 8.97. The number of carbonyl (C=O) groups is 1. The number of sulfonamides is 1. The minimum Gasteiger partial charge on any atom is -0.324 e. The van der Waals surface area contributed by atoms with E-state index in [4.69, 9.17) is 11.6 Å². The van der Waals surface area contributed by atoms with Gasteiger partial charge in [0.05, 0.1) is 21.2 Å². The minimum atomic E-state index is -4.70. The highest BCUT2D eigenvalue weighted by atomic mass is 35.5. The molecule has 10 heteroatoms. The first-order valence-corrected chi connectivity index (χ1v) is 10.8. The Hall–Kier alpha value is -3.04. The highest BCUT2D eigenvalue weighted by Gasteiger charge is 2.36. The Morgan fingerprint density at radius 2 is 1.61 bits per heavy atom. The number of para-hydroxylation sites is 1. The van der Waals surface area contributed by atoms with E-state index in [-0.39, 0.29) is 10.6 Å². The monoisotopic (exact) mass is 466 g/mol. The van der Waals surface area contributed by atoms with Gasteiger partial charge in [0, 0.05) is 16.8 Å². The summed E-state index contributed by atoms with van der Waals surface area (Å²) in [4.78, 5) is 12.7. The summed E-state index contributed by atoms with van der Waals surface area (Å²) in [5, 5.41) is 1.81. The summed E-state index contributed by atoms with van der Waals surface area (Å²) >= 11 is 5.59. The Morgan fingerprint density at radius 1 is 0.968 bits per heavy atom. The van der Waals surface area contributed by atoms with Gasteiger partial charge in [-0.2, -0.15) is 13.2 Å². The summed E-state index contributed by atoms with van der Waals surface area (Å²) in [6.45, 7) is -0.613. The molecule has 0 saturated heterocycles. The van der Waals surface area contributed by atoms with E-state index in [1.165, 1.54) is 12.1 Å². The molecular formula is C21H14ClF3N2O3S. The van der Waals surface area contributed by atoms with Gasteiger partial charge in [0.1, 0.15) is 6.54 Å². The van der Waals surface area contributed by atoms with Crippen LogP contribution in [0.4, 0.5) is 24.5 Å². The van der Waals surface area contributed by atoms with Gasteiger partial charge in [-0.05, 0) is 30.3 Å². The topological polar surface area (TPSA) is 66.5 Å².